The molecular weight excluding hydrogens is 390 g/mol. The number of nitrogens with one attached hydrogen (secondary N) is 1. The standard InChI is InChI=1S/C25H23N3O3/c1-16-8-9-17(2)22(12-16)31-24-11-10-19(14-27-24)13-26-23(29)15-28-18(3)20-6-4-5-7-21(20)25(28)30/h4-12,14H,3,13,15H2,1-2H3,(H,26,29). The maximum Gasteiger partial charge on any atom is 0.259 e. The van der Waals surface area contributed by atoms with Gasteiger partial charge in [0.25, 0.3) is 5.91 Å². The van der Waals surface area contributed by atoms with Gasteiger partial charge < -0.3 is 10.1 Å². The quantitative estimate of drug-likeness (QED) is 0.656. The van der Waals surface area contributed by atoms with Gasteiger partial charge in [-0.05, 0) is 42.7 Å². The zero-order chi connectivity index (χ0) is 22.0. The molecule has 0 radical (unpaired) electrons. The van der Waals surface area contributed by atoms with Crippen LogP contribution in [0.2, 0.25) is 0 Å². The minimum Gasteiger partial charge on any atom is -0.439 e. The van der Waals surface area contributed by atoms with Crippen molar-refractivity contribution in [2.75, 3.05) is 6.54 Å². The highest BCUT2D eigenvalue weighted by Crippen LogP contribution is 2.30. The highest BCUT2D eigenvalue weighted by atomic mass is 16.5. The smallest absolute Gasteiger partial charge is 0.259 e. The molecule has 6 heteroatoms. The SMILES string of the molecule is C=C1c2ccccc2C(=O)N1CC(=O)NCc1ccc(Oc2cc(C)ccc2C)nc1. The van der Waals surface area contributed by atoms with Crippen molar-refractivity contribution in [1.82, 2.24) is 15.2 Å². The van der Waals surface area contributed by atoms with Gasteiger partial charge in [0, 0.05) is 35.6 Å². The molecule has 1 N–H and O–H groups in total. The summed E-state index contributed by atoms with van der Waals surface area (Å²) in [5.41, 5.74) is 4.86. The lowest BCUT2D eigenvalue weighted by Gasteiger charge is -2.17. The molecule has 0 fully saturated rings. The Morgan fingerprint density at radius 3 is 2.58 bits per heavy atom. The van der Waals surface area contributed by atoms with Gasteiger partial charge >= 0.3 is 0 Å². The zero-order valence-corrected chi connectivity index (χ0v) is 17.5. The number of carbonyl (C=O) groups excluding carboxylic acids is 2. The monoisotopic (exact) mass is 413 g/mol. The summed E-state index contributed by atoms with van der Waals surface area (Å²) in [4.78, 5) is 30.6. The lowest BCUT2D eigenvalue weighted by atomic mass is 10.1. The van der Waals surface area contributed by atoms with Crippen molar-refractivity contribution in [2.24, 2.45) is 0 Å². The second-order valence-corrected chi connectivity index (χ2v) is 7.54. The van der Waals surface area contributed by atoms with Crippen LogP contribution in [0.25, 0.3) is 5.70 Å². The number of rotatable bonds is 6. The van der Waals surface area contributed by atoms with Gasteiger partial charge in [-0.15, -0.1) is 0 Å². The Hall–Kier alpha value is -3.93. The van der Waals surface area contributed by atoms with Gasteiger partial charge in [-0.25, -0.2) is 4.98 Å². The van der Waals surface area contributed by atoms with E-state index in [1.165, 1.54) is 4.90 Å². The number of amides is 2. The average Bonchev–Trinajstić information content (AvgIpc) is 3.01. The van der Waals surface area contributed by atoms with E-state index in [4.69, 9.17) is 4.74 Å². The molecule has 2 heterocycles. The molecule has 0 bridgehead atoms. The first-order valence-corrected chi connectivity index (χ1v) is 9.99. The summed E-state index contributed by atoms with van der Waals surface area (Å²) >= 11 is 0. The van der Waals surface area contributed by atoms with Gasteiger partial charge in [-0.3, -0.25) is 14.5 Å². The van der Waals surface area contributed by atoms with Crippen LogP contribution in [0.3, 0.4) is 0 Å². The van der Waals surface area contributed by atoms with E-state index in [0.29, 0.717) is 23.7 Å². The van der Waals surface area contributed by atoms with Crippen molar-refractivity contribution in [3.05, 3.63) is 95.2 Å². The van der Waals surface area contributed by atoms with Gasteiger partial charge in [0.2, 0.25) is 11.8 Å². The number of hydrogen-bond acceptors (Lipinski definition) is 4. The first-order valence-electron chi connectivity index (χ1n) is 9.99. The molecule has 6 nitrogen and oxygen atoms in total. The summed E-state index contributed by atoms with van der Waals surface area (Å²) < 4.78 is 5.86. The van der Waals surface area contributed by atoms with E-state index < -0.39 is 0 Å². The van der Waals surface area contributed by atoms with E-state index in [-0.39, 0.29) is 18.4 Å². The molecule has 1 aliphatic rings. The van der Waals surface area contributed by atoms with Crippen LogP contribution in [0.4, 0.5) is 0 Å². The molecule has 0 saturated carbocycles. The molecular formula is C25H23N3O3. The van der Waals surface area contributed by atoms with Crippen LogP contribution >= 0.6 is 0 Å². The fourth-order valence-corrected chi connectivity index (χ4v) is 3.41. The maximum atomic E-state index is 12.5. The van der Waals surface area contributed by atoms with Crippen LogP contribution < -0.4 is 10.1 Å². The largest absolute Gasteiger partial charge is 0.439 e. The van der Waals surface area contributed by atoms with Crippen LogP contribution in [0, 0.1) is 13.8 Å². The zero-order valence-electron chi connectivity index (χ0n) is 17.5. The van der Waals surface area contributed by atoms with Crippen molar-refractivity contribution in [3.63, 3.8) is 0 Å². The lowest BCUT2D eigenvalue weighted by molar-refractivity contribution is -0.121. The Bertz CT molecular complexity index is 1130. The molecule has 0 saturated heterocycles. The Balaban J connectivity index is 1.32. The number of fused-ring (bicyclic) bond motifs is 1. The predicted octanol–water partition coefficient (Wildman–Crippen LogP) is 4.23. The Morgan fingerprint density at radius 1 is 1.10 bits per heavy atom. The first kappa shape index (κ1) is 20.3. The van der Waals surface area contributed by atoms with Crippen molar-refractivity contribution < 1.29 is 14.3 Å². The Kier molecular flexibility index (Phi) is 5.54. The van der Waals surface area contributed by atoms with Crippen LogP contribution in [0.1, 0.15) is 32.6 Å². The summed E-state index contributed by atoms with van der Waals surface area (Å²) in [6, 6.07) is 16.9. The maximum absolute atomic E-state index is 12.5. The van der Waals surface area contributed by atoms with E-state index in [9.17, 15) is 9.59 Å². The van der Waals surface area contributed by atoms with Gasteiger partial charge in [0.1, 0.15) is 12.3 Å². The van der Waals surface area contributed by atoms with Crippen LogP contribution in [0.15, 0.2) is 67.4 Å². The third-order valence-corrected chi connectivity index (χ3v) is 5.19. The summed E-state index contributed by atoms with van der Waals surface area (Å²) in [7, 11) is 0. The lowest BCUT2D eigenvalue weighted by Crippen LogP contribution is -2.36. The van der Waals surface area contributed by atoms with E-state index in [1.54, 1.807) is 24.4 Å². The van der Waals surface area contributed by atoms with Gasteiger partial charge in [-0.1, -0.05) is 43.0 Å². The molecule has 31 heavy (non-hydrogen) atoms. The third-order valence-electron chi connectivity index (χ3n) is 5.19. The molecule has 3 aromatic rings. The molecule has 2 amide bonds. The fraction of sp³-hybridized carbons (Fsp3) is 0.160. The van der Waals surface area contributed by atoms with E-state index in [1.807, 2.05) is 50.2 Å². The minimum absolute atomic E-state index is 0.0758. The molecule has 1 aliphatic heterocycles. The number of hydrogen-bond donors (Lipinski definition) is 1. The van der Waals surface area contributed by atoms with Gasteiger partial charge in [0.05, 0.1) is 0 Å². The van der Waals surface area contributed by atoms with Gasteiger partial charge in [-0.2, -0.15) is 0 Å². The first-order chi connectivity index (χ1) is 14.9. The topological polar surface area (TPSA) is 71.5 Å². The van der Waals surface area contributed by atoms with E-state index in [2.05, 4.69) is 16.9 Å². The van der Waals surface area contributed by atoms with E-state index in [0.717, 1.165) is 28.0 Å². The molecule has 2 aromatic carbocycles. The van der Waals surface area contributed by atoms with Gasteiger partial charge in [0.15, 0.2) is 0 Å². The Morgan fingerprint density at radius 2 is 1.87 bits per heavy atom. The number of aromatic nitrogens is 1. The highest BCUT2D eigenvalue weighted by Gasteiger charge is 2.31. The van der Waals surface area contributed by atoms with Crippen molar-refractivity contribution in [2.45, 2.75) is 20.4 Å². The third kappa shape index (κ3) is 4.33. The summed E-state index contributed by atoms with van der Waals surface area (Å²) in [5.74, 6) is 0.786. The van der Waals surface area contributed by atoms with Crippen molar-refractivity contribution >= 4 is 17.5 Å². The minimum atomic E-state index is -0.266. The second kappa shape index (κ2) is 8.44. The number of ether oxygens (including phenoxy) is 1. The molecule has 156 valence electrons. The molecule has 0 aliphatic carbocycles. The summed E-state index contributed by atoms with van der Waals surface area (Å²) in [5, 5.41) is 2.82. The average molecular weight is 413 g/mol. The Labute approximate surface area is 181 Å². The second-order valence-electron chi connectivity index (χ2n) is 7.54. The van der Waals surface area contributed by atoms with E-state index >= 15 is 0 Å². The van der Waals surface area contributed by atoms with Crippen LogP contribution in [-0.2, 0) is 11.3 Å². The van der Waals surface area contributed by atoms with Crippen molar-refractivity contribution in [1.29, 1.82) is 0 Å². The molecule has 1 aromatic heterocycles. The van der Waals surface area contributed by atoms with Crippen LogP contribution in [0.5, 0.6) is 11.6 Å². The highest BCUT2D eigenvalue weighted by molar-refractivity contribution is 6.10. The fourth-order valence-electron chi connectivity index (χ4n) is 3.41. The number of aryl methyl sites for hydroxylation is 2. The molecule has 0 atom stereocenters. The molecule has 4 rings (SSSR count). The normalized spacial score (nSPS) is 12.6. The number of benzene rings is 2. The molecule has 0 spiro atoms. The van der Waals surface area contributed by atoms with Crippen LogP contribution in [-0.4, -0.2) is 28.2 Å². The number of carbonyl (C=O) groups is 2. The summed E-state index contributed by atoms with van der Waals surface area (Å²) in [6.07, 6.45) is 1.66. The number of nitrogens with zero attached hydrogens (tertiary/aromatic N) is 2. The molecule has 0 unspecified atom stereocenters. The summed E-state index contributed by atoms with van der Waals surface area (Å²) in [6.45, 7) is 8.17. The number of pyridine rings is 1. The van der Waals surface area contributed by atoms with Crippen molar-refractivity contribution in [3.8, 4) is 11.6 Å². The predicted molar refractivity (Wildman–Crippen MR) is 119 cm³/mol.